The van der Waals surface area contributed by atoms with Crippen molar-refractivity contribution in [1.82, 2.24) is 0 Å². The number of carbonyl (C=O) groups is 3. The van der Waals surface area contributed by atoms with Crippen LogP contribution in [0.3, 0.4) is 0 Å². The van der Waals surface area contributed by atoms with Crippen LogP contribution >= 0.6 is 0 Å². The zero-order valence-electron chi connectivity index (χ0n) is 23.8. The fraction of sp³-hybridized carbons (Fsp3) is 0.303. The maximum Gasteiger partial charge on any atom is 0.201 e. The molecule has 3 aromatic rings. The van der Waals surface area contributed by atoms with Gasteiger partial charge in [0.25, 0.3) is 0 Å². The molecule has 9 nitrogen and oxygen atoms in total. The average molecular weight is 571 g/mol. The molecule has 6 rings (SSSR count). The molecule has 3 aliphatic rings. The van der Waals surface area contributed by atoms with E-state index in [2.05, 4.69) is 0 Å². The van der Waals surface area contributed by atoms with Gasteiger partial charge >= 0.3 is 0 Å². The van der Waals surface area contributed by atoms with E-state index < -0.39 is 34.8 Å². The van der Waals surface area contributed by atoms with Crippen LogP contribution in [0.1, 0.15) is 86.9 Å². The normalized spacial score (nSPS) is 20.5. The molecule has 2 atom stereocenters. The van der Waals surface area contributed by atoms with Crippen LogP contribution in [0.5, 0.6) is 28.7 Å². The van der Waals surface area contributed by atoms with E-state index >= 15 is 0 Å². The van der Waals surface area contributed by atoms with Crippen LogP contribution in [-0.2, 0) is 4.79 Å². The second-order valence-electron chi connectivity index (χ2n) is 12.0. The van der Waals surface area contributed by atoms with Crippen LogP contribution in [0.4, 0.5) is 0 Å². The van der Waals surface area contributed by atoms with Crippen LogP contribution < -0.4 is 9.47 Å². The van der Waals surface area contributed by atoms with Gasteiger partial charge in [0, 0.05) is 29.2 Å². The molecule has 0 radical (unpaired) electrons. The number of phenolic OH excluding ortho intramolecular Hbond substituents is 3. The van der Waals surface area contributed by atoms with Crippen molar-refractivity contribution in [3.63, 3.8) is 0 Å². The highest BCUT2D eigenvalue weighted by molar-refractivity contribution is 6.31. The minimum absolute atomic E-state index is 0.0155. The van der Waals surface area contributed by atoms with Gasteiger partial charge in [-0.05, 0) is 65.3 Å². The van der Waals surface area contributed by atoms with Gasteiger partial charge in [0.1, 0.15) is 34.5 Å². The molecular formula is C33H30O9. The minimum atomic E-state index is -1.37. The summed E-state index contributed by atoms with van der Waals surface area (Å²) < 4.78 is 11.1. The Morgan fingerprint density at radius 1 is 0.786 bits per heavy atom. The third-order valence-electron chi connectivity index (χ3n) is 8.55. The number of methoxy groups -OCH3 is 2. The molecule has 0 saturated heterocycles. The highest BCUT2D eigenvalue weighted by Crippen LogP contribution is 2.58. The lowest BCUT2D eigenvalue weighted by atomic mass is 9.61. The van der Waals surface area contributed by atoms with Gasteiger partial charge in [-0.15, -0.1) is 0 Å². The fourth-order valence-electron chi connectivity index (χ4n) is 6.87. The number of benzene rings is 3. The van der Waals surface area contributed by atoms with Gasteiger partial charge in [0.2, 0.25) is 5.78 Å². The maximum absolute atomic E-state index is 13.8. The number of ether oxygens (including phenoxy) is 2. The summed E-state index contributed by atoms with van der Waals surface area (Å²) in [5.74, 6) is -3.52. The summed E-state index contributed by atoms with van der Waals surface area (Å²) in [5, 5.41) is 45.0. The summed E-state index contributed by atoms with van der Waals surface area (Å²) in [7, 11) is 2.76. The van der Waals surface area contributed by atoms with Gasteiger partial charge < -0.3 is 29.9 Å². The summed E-state index contributed by atoms with van der Waals surface area (Å²) in [6, 6.07) is 7.16. The smallest absolute Gasteiger partial charge is 0.201 e. The van der Waals surface area contributed by atoms with E-state index in [-0.39, 0.29) is 74.1 Å². The molecule has 1 saturated carbocycles. The summed E-state index contributed by atoms with van der Waals surface area (Å²) in [5.41, 5.74) is 0.669. The number of aliphatic hydroxyl groups is 1. The lowest BCUT2D eigenvalue weighted by molar-refractivity contribution is -0.129. The predicted molar refractivity (Wildman–Crippen MR) is 152 cm³/mol. The second kappa shape index (κ2) is 9.19. The molecular weight excluding hydrogens is 540 g/mol. The number of aromatic hydroxyl groups is 3. The minimum Gasteiger partial charge on any atom is -0.507 e. The lowest BCUT2D eigenvalue weighted by Crippen LogP contribution is -2.38. The van der Waals surface area contributed by atoms with E-state index in [0.29, 0.717) is 23.1 Å². The molecule has 0 aromatic heterocycles. The molecule has 3 aromatic carbocycles. The van der Waals surface area contributed by atoms with Gasteiger partial charge in [-0.3, -0.25) is 14.4 Å². The number of carbonyl (C=O) groups excluding carboxylic acids is 3. The maximum atomic E-state index is 13.8. The number of aryl methyl sites for hydroxylation is 1. The van der Waals surface area contributed by atoms with Crippen molar-refractivity contribution in [1.29, 1.82) is 0 Å². The van der Waals surface area contributed by atoms with E-state index in [1.165, 1.54) is 38.5 Å². The number of fused-ring (bicyclic) bond motifs is 4. The van der Waals surface area contributed by atoms with Crippen molar-refractivity contribution in [3.05, 3.63) is 80.4 Å². The predicted octanol–water partition coefficient (Wildman–Crippen LogP) is 4.76. The van der Waals surface area contributed by atoms with Crippen LogP contribution in [0.15, 0.2) is 35.9 Å². The van der Waals surface area contributed by atoms with Crippen molar-refractivity contribution in [3.8, 4) is 28.7 Å². The second-order valence-corrected chi connectivity index (χ2v) is 12.0. The van der Waals surface area contributed by atoms with Gasteiger partial charge in [-0.1, -0.05) is 13.8 Å². The topological polar surface area (TPSA) is 151 Å². The number of aliphatic hydroxyl groups excluding tert-OH is 1. The van der Waals surface area contributed by atoms with E-state index in [1.54, 1.807) is 13.0 Å². The zero-order valence-corrected chi connectivity index (χ0v) is 23.8. The van der Waals surface area contributed by atoms with Crippen molar-refractivity contribution < 1.29 is 44.3 Å². The molecule has 9 heteroatoms. The third-order valence-corrected chi connectivity index (χ3v) is 8.55. The zero-order chi connectivity index (χ0) is 30.4. The number of hydrogen-bond acceptors (Lipinski definition) is 9. The first-order chi connectivity index (χ1) is 19.8. The third kappa shape index (κ3) is 3.76. The van der Waals surface area contributed by atoms with Gasteiger partial charge in [0.15, 0.2) is 5.78 Å². The van der Waals surface area contributed by atoms with Crippen LogP contribution in [0.2, 0.25) is 0 Å². The van der Waals surface area contributed by atoms with E-state index in [1.807, 2.05) is 13.8 Å². The standard InChI is InChI=1S/C33H30O9/c1-13-6-16-25(19(34)7-13)31(39)27-17(29(16)37)10-22(42-5)28(32(27)40)23-15-8-14(41-4)9-20(35)24(15)30(38)26-18(23)11-33(2,3)12-21(26)36/h6-10,26,30,34-35,38,40H,11-12H2,1-5H3/t26-,30-/m0/s1. The Labute approximate surface area is 241 Å². The van der Waals surface area contributed by atoms with E-state index in [4.69, 9.17) is 9.47 Å². The largest absolute Gasteiger partial charge is 0.507 e. The first-order valence-corrected chi connectivity index (χ1v) is 13.5. The van der Waals surface area contributed by atoms with E-state index in [0.717, 1.165) is 0 Å². The number of ketones is 3. The number of phenols is 3. The molecule has 4 N–H and O–H groups in total. The van der Waals surface area contributed by atoms with Crippen LogP contribution in [0.25, 0.3) is 5.57 Å². The Balaban J connectivity index is 1.74. The number of rotatable bonds is 3. The monoisotopic (exact) mass is 570 g/mol. The summed E-state index contributed by atoms with van der Waals surface area (Å²) >= 11 is 0. The first kappa shape index (κ1) is 27.5. The Bertz CT molecular complexity index is 1790. The highest BCUT2D eigenvalue weighted by atomic mass is 16.5. The fourth-order valence-corrected chi connectivity index (χ4v) is 6.87. The van der Waals surface area contributed by atoms with Crippen molar-refractivity contribution in [2.75, 3.05) is 14.2 Å². The summed E-state index contributed by atoms with van der Waals surface area (Å²) in [4.78, 5) is 41.0. The average Bonchev–Trinajstić information content (AvgIpc) is 2.90. The molecule has 3 aliphatic carbocycles. The molecule has 0 spiro atoms. The van der Waals surface area contributed by atoms with Gasteiger partial charge in [-0.25, -0.2) is 0 Å². The molecule has 216 valence electrons. The highest BCUT2D eigenvalue weighted by Gasteiger charge is 2.48. The molecule has 0 unspecified atom stereocenters. The lowest BCUT2D eigenvalue weighted by Gasteiger charge is -2.42. The number of hydrogen-bond donors (Lipinski definition) is 4. The molecule has 42 heavy (non-hydrogen) atoms. The summed E-state index contributed by atoms with van der Waals surface area (Å²) in [6.45, 7) is 5.53. The van der Waals surface area contributed by atoms with Gasteiger partial charge in [-0.2, -0.15) is 0 Å². The van der Waals surface area contributed by atoms with Crippen LogP contribution in [0, 0.1) is 18.3 Å². The van der Waals surface area contributed by atoms with Gasteiger partial charge in [0.05, 0.1) is 42.9 Å². The quantitative estimate of drug-likeness (QED) is 0.273. The Hall–Kier alpha value is -4.63. The number of Topliss-reactive ketones (excluding diaryl/α,β-unsaturated/α-hetero) is 1. The summed E-state index contributed by atoms with van der Waals surface area (Å²) in [6.07, 6.45) is -0.829. The molecule has 0 heterocycles. The molecule has 0 aliphatic heterocycles. The van der Waals surface area contributed by atoms with Crippen molar-refractivity contribution >= 4 is 22.9 Å². The van der Waals surface area contributed by atoms with Crippen molar-refractivity contribution in [2.45, 2.75) is 39.7 Å². The first-order valence-electron chi connectivity index (χ1n) is 13.5. The molecule has 0 bridgehead atoms. The van der Waals surface area contributed by atoms with Crippen LogP contribution in [-0.4, -0.2) is 52.0 Å². The Morgan fingerprint density at radius 3 is 2.14 bits per heavy atom. The Morgan fingerprint density at radius 2 is 1.48 bits per heavy atom. The SMILES string of the molecule is COc1cc(O)c2c(c1)C(c1c(OC)cc3c(c1O)C(=O)c1c(O)cc(C)cc1C3=O)=C1CC(C)(C)CC(=O)[C@H]1[C@H]2O. The molecule has 1 fully saturated rings. The van der Waals surface area contributed by atoms with Crippen molar-refractivity contribution in [2.24, 2.45) is 11.3 Å². The Kier molecular flexibility index (Phi) is 6.02. The molecule has 0 amide bonds. The van der Waals surface area contributed by atoms with E-state index in [9.17, 15) is 34.8 Å².